The average Bonchev–Trinajstić information content (AvgIpc) is 2.13. The molecular formula is C11H17NS. The summed E-state index contributed by atoms with van der Waals surface area (Å²) in [7, 11) is 0. The first-order valence-electron chi connectivity index (χ1n) is 4.66. The summed E-state index contributed by atoms with van der Waals surface area (Å²) in [5.41, 5.74) is 8.18. The van der Waals surface area contributed by atoms with E-state index in [4.69, 9.17) is 5.73 Å². The lowest BCUT2D eigenvalue weighted by Gasteiger charge is -2.01. The number of thioether (sulfide) groups is 1. The van der Waals surface area contributed by atoms with Crippen LogP contribution in [0.2, 0.25) is 0 Å². The topological polar surface area (TPSA) is 26.0 Å². The van der Waals surface area contributed by atoms with Gasteiger partial charge in [-0.2, -0.15) is 11.8 Å². The fraction of sp³-hybridized carbons (Fsp3) is 0.455. The quantitative estimate of drug-likeness (QED) is 0.731. The van der Waals surface area contributed by atoms with Crippen LogP contribution in [0.5, 0.6) is 0 Å². The zero-order chi connectivity index (χ0) is 9.52. The Bertz CT molecular complexity index is 248. The van der Waals surface area contributed by atoms with E-state index in [0.29, 0.717) is 0 Å². The first-order valence-corrected chi connectivity index (χ1v) is 5.82. The number of aryl methyl sites for hydroxylation is 1. The van der Waals surface area contributed by atoms with Gasteiger partial charge in [0, 0.05) is 5.75 Å². The highest BCUT2D eigenvalue weighted by atomic mass is 32.2. The van der Waals surface area contributed by atoms with Crippen LogP contribution in [0.3, 0.4) is 0 Å². The Balaban J connectivity index is 2.28. The van der Waals surface area contributed by atoms with Gasteiger partial charge < -0.3 is 5.73 Å². The van der Waals surface area contributed by atoms with E-state index in [1.165, 1.54) is 16.9 Å². The molecule has 0 fully saturated rings. The average molecular weight is 195 g/mol. The predicted octanol–water partition coefficient (Wildman–Crippen LogP) is 2.58. The molecule has 0 heterocycles. The van der Waals surface area contributed by atoms with Gasteiger partial charge in [-0.25, -0.2) is 0 Å². The van der Waals surface area contributed by atoms with Gasteiger partial charge in [0.15, 0.2) is 0 Å². The molecule has 0 saturated heterocycles. The molecule has 1 nitrogen and oxygen atoms in total. The van der Waals surface area contributed by atoms with Crippen molar-refractivity contribution in [3.8, 4) is 0 Å². The Labute approximate surface area is 84.7 Å². The van der Waals surface area contributed by atoms with Crippen LogP contribution >= 0.6 is 11.8 Å². The molecule has 0 radical (unpaired) electrons. The van der Waals surface area contributed by atoms with Crippen molar-refractivity contribution >= 4 is 11.8 Å². The van der Waals surface area contributed by atoms with E-state index < -0.39 is 0 Å². The Kier molecular flexibility index (Phi) is 4.94. The van der Waals surface area contributed by atoms with Gasteiger partial charge in [0.25, 0.3) is 0 Å². The van der Waals surface area contributed by atoms with Gasteiger partial charge in [0.2, 0.25) is 0 Å². The first kappa shape index (κ1) is 10.6. The molecule has 1 aromatic carbocycles. The minimum Gasteiger partial charge on any atom is -0.330 e. The number of hydrogen-bond acceptors (Lipinski definition) is 2. The summed E-state index contributed by atoms with van der Waals surface area (Å²) in [4.78, 5) is 0. The van der Waals surface area contributed by atoms with E-state index in [2.05, 4.69) is 31.2 Å². The molecule has 0 atom stereocenters. The van der Waals surface area contributed by atoms with Gasteiger partial charge in [-0.15, -0.1) is 0 Å². The maximum Gasteiger partial charge on any atom is 0.0184 e. The van der Waals surface area contributed by atoms with Crippen LogP contribution in [-0.2, 0) is 5.75 Å². The maximum atomic E-state index is 5.42. The molecule has 13 heavy (non-hydrogen) atoms. The molecule has 0 bridgehead atoms. The van der Waals surface area contributed by atoms with Gasteiger partial charge in [-0.3, -0.25) is 0 Å². The smallest absolute Gasteiger partial charge is 0.0184 e. The van der Waals surface area contributed by atoms with Crippen molar-refractivity contribution in [2.24, 2.45) is 5.73 Å². The van der Waals surface area contributed by atoms with Crippen LogP contribution in [-0.4, -0.2) is 12.3 Å². The molecule has 0 aliphatic heterocycles. The van der Waals surface area contributed by atoms with Gasteiger partial charge in [0.05, 0.1) is 0 Å². The lowest BCUT2D eigenvalue weighted by atomic mass is 10.2. The van der Waals surface area contributed by atoms with E-state index in [9.17, 15) is 0 Å². The third-order valence-corrected chi connectivity index (χ3v) is 2.96. The van der Waals surface area contributed by atoms with Gasteiger partial charge >= 0.3 is 0 Å². The van der Waals surface area contributed by atoms with Crippen molar-refractivity contribution in [1.82, 2.24) is 0 Å². The fourth-order valence-electron chi connectivity index (χ4n) is 1.18. The van der Waals surface area contributed by atoms with E-state index in [0.717, 1.165) is 18.7 Å². The molecule has 72 valence electrons. The van der Waals surface area contributed by atoms with Gasteiger partial charge in [-0.05, 0) is 31.2 Å². The number of nitrogens with two attached hydrogens (primary N) is 1. The molecule has 0 spiro atoms. The second-order valence-corrected chi connectivity index (χ2v) is 4.29. The third-order valence-electron chi connectivity index (χ3n) is 1.84. The van der Waals surface area contributed by atoms with Crippen molar-refractivity contribution in [2.45, 2.75) is 19.1 Å². The Morgan fingerprint density at radius 1 is 1.38 bits per heavy atom. The zero-order valence-electron chi connectivity index (χ0n) is 8.12. The van der Waals surface area contributed by atoms with Crippen LogP contribution in [0.15, 0.2) is 24.3 Å². The number of rotatable bonds is 5. The maximum absolute atomic E-state index is 5.42. The van der Waals surface area contributed by atoms with Crippen molar-refractivity contribution in [2.75, 3.05) is 12.3 Å². The molecule has 0 saturated carbocycles. The summed E-state index contributed by atoms with van der Waals surface area (Å²) in [6.45, 7) is 2.94. The lowest BCUT2D eigenvalue weighted by molar-refractivity contribution is 0.943. The zero-order valence-corrected chi connectivity index (χ0v) is 8.94. The van der Waals surface area contributed by atoms with Gasteiger partial charge in [0.1, 0.15) is 0 Å². The van der Waals surface area contributed by atoms with Crippen LogP contribution < -0.4 is 5.73 Å². The number of benzene rings is 1. The Morgan fingerprint density at radius 2 is 2.23 bits per heavy atom. The lowest BCUT2D eigenvalue weighted by Crippen LogP contribution is -1.99. The molecule has 0 unspecified atom stereocenters. The standard InChI is InChI=1S/C11H17NS/c1-10-4-2-5-11(8-10)9-13-7-3-6-12/h2,4-5,8H,3,6-7,9,12H2,1H3. The second kappa shape index (κ2) is 6.06. The SMILES string of the molecule is Cc1cccc(CSCCCN)c1. The Hall–Kier alpha value is -0.470. The van der Waals surface area contributed by atoms with Crippen LogP contribution in [0, 0.1) is 6.92 Å². The van der Waals surface area contributed by atoms with E-state index in [1.807, 2.05) is 11.8 Å². The second-order valence-electron chi connectivity index (χ2n) is 3.18. The summed E-state index contributed by atoms with van der Waals surface area (Å²) >= 11 is 1.96. The van der Waals surface area contributed by atoms with Crippen molar-refractivity contribution < 1.29 is 0 Å². The molecule has 0 amide bonds. The highest BCUT2D eigenvalue weighted by Crippen LogP contribution is 2.13. The van der Waals surface area contributed by atoms with E-state index in [-0.39, 0.29) is 0 Å². The minimum absolute atomic E-state index is 0.806. The third kappa shape index (κ3) is 4.34. The normalized spacial score (nSPS) is 10.3. The van der Waals surface area contributed by atoms with Crippen LogP contribution in [0.25, 0.3) is 0 Å². The molecular weight excluding hydrogens is 178 g/mol. The van der Waals surface area contributed by atoms with Gasteiger partial charge in [-0.1, -0.05) is 29.8 Å². The highest BCUT2D eigenvalue weighted by Gasteiger charge is 1.93. The Morgan fingerprint density at radius 3 is 2.92 bits per heavy atom. The molecule has 1 aromatic rings. The molecule has 0 aliphatic rings. The molecule has 2 N–H and O–H groups in total. The molecule has 1 rings (SSSR count). The summed E-state index contributed by atoms with van der Waals surface area (Å²) in [5.74, 6) is 2.28. The predicted molar refractivity (Wildman–Crippen MR) is 61.0 cm³/mol. The minimum atomic E-state index is 0.806. The molecule has 0 aromatic heterocycles. The van der Waals surface area contributed by atoms with Crippen molar-refractivity contribution in [3.63, 3.8) is 0 Å². The first-order chi connectivity index (χ1) is 6.33. The van der Waals surface area contributed by atoms with E-state index >= 15 is 0 Å². The van der Waals surface area contributed by atoms with Crippen LogP contribution in [0.4, 0.5) is 0 Å². The largest absolute Gasteiger partial charge is 0.330 e. The summed E-state index contributed by atoms with van der Waals surface area (Å²) < 4.78 is 0. The monoisotopic (exact) mass is 195 g/mol. The summed E-state index contributed by atoms with van der Waals surface area (Å²) in [6.07, 6.45) is 1.12. The van der Waals surface area contributed by atoms with Crippen LogP contribution in [0.1, 0.15) is 17.5 Å². The van der Waals surface area contributed by atoms with Crippen molar-refractivity contribution in [1.29, 1.82) is 0 Å². The fourth-order valence-corrected chi connectivity index (χ4v) is 2.11. The van der Waals surface area contributed by atoms with Crippen molar-refractivity contribution in [3.05, 3.63) is 35.4 Å². The van der Waals surface area contributed by atoms with E-state index in [1.54, 1.807) is 0 Å². The number of hydrogen-bond donors (Lipinski definition) is 1. The molecule has 0 aliphatic carbocycles. The highest BCUT2D eigenvalue weighted by molar-refractivity contribution is 7.98. The summed E-state index contributed by atoms with van der Waals surface area (Å²) in [5, 5.41) is 0. The summed E-state index contributed by atoms with van der Waals surface area (Å²) in [6, 6.07) is 8.68. The molecule has 2 heteroatoms.